The number of benzene rings is 1. The lowest BCUT2D eigenvalue weighted by atomic mass is 9.33. The third-order valence-corrected chi connectivity index (χ3v) is 16.8. The van der Waals surface area contributed by atoms with Crippen molar-refractivity contribution in [1.29, 1.82) is 0 Å². The maximum atomic E-state index is 14.2. The summed E-state index contributed by atoms with van der Waals surface area (Å²) >= 11 is 0. The van der Waals surface area contributed by atoms with Crippen molar-refractivity contribution in [2.45, 2.75) is 152 Å². The van der Waals surface area contributed by atoms with E-state index in [0.29, 0.717) is 24.8 Å². The topological polar surface area (TPSA) is 145 Å². The first-order chi connectivity index (χ1) is 25.2. The molecule has 0 spiro atoms. The number of fused-ring (bicyclic) bond motifs is 8. The Bertz CT molecular complexity index is 1890. The number of ketones is 1. The first-order valence-electron chi connectivity index (χ1n) is 20.7. The number of hydrogen-bond donors (Lipinski definition) is 3. The number of rotatable bonds is 9. The number of nitrogens with two attached hydrogens (primary N) is 1. The van der Waals surface area contributed by atoms with E-state index in [1.807, 2.05) is 24.3 Å². The maximum Gasteiger partial charge on any atom is 0.309 e. The van der Waals surface area contributed by atoms with Gasteiger partial charge in [-0.2, -0.15) is 0 Å². The van der Waals surface area contributed by atoms with Gasteiger partial charge in [0, 0.05) is 17.3 Å². The second kappa shape index (κ2) is 13.0. The number of carbonyl (C=O) groups is 3. The molecule has 1 aromatic carbocycles. The van der Waals surface area contributed by atoms with Gasteiger partial charge in [0.15, 0.2) is 5.78 Å². The van der Waals surface area contributed by atoms with Crippen molar-refractivity contribution in [2.75, 3.05) is 0 Å². The van der Waals surface area contributed by atoms with E-state index in [0.717, 1.165) is 73.8 Å². The van der Waals surface area contributed by atoms with Crippen LogP contribution in [0, 0.1) is 56.2 Å². The molecular weight excluding hydrogens is 679 g/mol. The normalized spacial score (nSPS) is 36.7. The van der Waals surface area contributed by atoms with Crippen molar-refractivity contribution < 1.29 is 29.3 Å². The van der Waals surface area contributed by atoms with Crippen LogP contribution in [0.5, 0.6) is 0 Å². The summed E-state index contributed by atoms with van der Waals surface area (Å²) in [5, 5.41) is 22.2. The third-order valence-electron chi connectivity index (χ3n) is 16.8. The fraction of sp³-hybridized carbons (Fsp3) is 0.733. The minimum absolute atomic E-state index is 0.0252. The zero-order valence-corrected chi connectivity index (χ0v) is 34.3. The Morgan fingerprint density at radius 1 is 0.981 bits per heavy atom. The highest BCUT2D eigenvalue weighted by atomic mass is 16.5. The lowest BCUT2D eigenvalue weighted by molar-refractivity contribution is -0.235. The number of esters is 1. The Kier molecular flexibility index (Phi) is 9.44. The lowest BCUT2D eigenvalue weighted by Crippen LogP contribution is -2.66. The van der Waals surface area contributed by atoms with Crippen LogP contribution in [0.2, 0.25) is 0 Å². The van der Waals surface area contributed by atoms with Crippen LogP contribution in [0.15, 0.2) is 35.4 Å². The van der Waals surface area contributed by atoms with Gasteiger partial charge in [-0.15, -0.1) is 0 Å². The molecule has 5 aliphatic rings. The minimum atomic E-state index is -1.17. The highest BCUT2D eigenvalue weighted by Crippen LogP contribution is 2.77. The first-order valence-corrected chi connectivity index (χ1v) is 20.7. The molecule has 0 radical (unpaired) electrons. The number of carboxylic acid groups (broad SMARTS) is 1. The second-order valence-electron chi connectivity index (χ2n) is 20.4. The predicted molar refractivity (Wildman–Crippen MR) is 209 cm³/mol. The summed E-state index contributed by atoms with van der Waals surface area (Å²) in [6.45, 7) is 20.2. The van der Waals surface area contributed by atoms with Crippen LogP contribution in [-0.2, 0) is 32.2 Å². The summed E-state index contributed by atoms with van der Waals surface area (Å²) in [5.41, 5.74) is 8.24. The van der Waals surface area contributed by atoms with Gasteiger partial charge < -0.3 is 25.3 Å². The van der Waals surface area contributed by atoms with Crippen molar-refractivity contribution in [3.63, 3.8) is 0 Å². The Labute approximate surface area is 321 Å². The Morgan fingerprint density at radius 2 is 1.69 bits per heavy atom. The second-order valence-corrected chi connectivity index (χ2v) is 20.4. The molecule has 1 aromatic heterocycles. The number of aliphatic hydroxyl groups is 1. The van der Waals surface area contributed by atoms with Crippen LogP contribution >= 0.6 is 0 Å². The number of ether oxygens (including phenoxy) is 1. The molecular formula is C45H65N3O6. The van der Waals surface area contributed by atoms with Crippen LogP contribution in [-0.4, -0.2) is 49.7 Å². The minimum Gasteiger partial charge on any atom is -0.481 e. The molecule has 4 saturated carbocycles. The summed E-state index contributed by atoms with van der Waals surface area (Å²) < 4.78 is 8.26. The van der Waals surface area contributed by atoms with Crippen LogP contribution in [0.25, 0.3) is 11.0 Å². The van der Waals surface area contributed by atoms with Crippen molar-refractivity contribution in [2.24, 2.45) is 61.9 Å². The molecule has 0 bridgehead atoms. The molecule has 4 fully saturated rings. The molecule has 5 aliphatic carbocycles. The molecule has 9 atom stereocenters. The SMILES string of the molecule is CC(C)C1=C2[C@H]3CC[C@@H]4[C@@]5(C)CC[C@H](OC(=O)CC(C)(C)C(=O)O)C(C)(C)[C@@H]5CC[C@@]4(C)[C@]3(C)CC[C@@]2([C@@H](O)Cn2c(CN)nc3ccccc32)CC1=O. The summed E-state index contributed by atoms with van der Waals surface area (Å²) in [5.74, 6) is 0.653. The van der Waals surface area contributed by atoms with E-state index >= 15 is 0 Å². The summed E-state index contributed by atoms with van der Waals surface area (Å²) in [4.78, 5) is 43.9. The molecule has 9 nitrogen and oxygen atoms in total. The molecule has 7 rings (SSSR count). The van der Waals surface area contributed by atoms with Crippen molar-refractivity contribution >= 4 is 28.8 Å². The van der Waals surface area contributed by atoms with Crippen molar-refractivity contribution in [1.82, 2.24) is 9.55 Å². The van der Waals surface area contributed by atoms with Gasteiger partial charge >= 0.3 is 11.9 Å². The number of carbonyl (C=O) groups excluding carboxylic acids is 2. The van der Waals surface area contributed by atoms with Gasteiger partial charge in [-0.25, -0.2) is 4.98 Å². The van der Waals surface area contributed by atoms with Crippen LogP contribution < -0.4 is 5.73 Å². The van der Waals surface area contributed by atoms with Gasteiger partial charge in [0.1, 0.15) is 11.9 Å². The Morgan fingerprint density at radius 3 is 2.35 bits per heavy atom. The average Bonchev–Trinajstić information content (AvgIpc) is 3.60. The molecule has 9 heteroatoms. The number of nitrogens with zero attached hydrogens (tertiary/aromatic N) is 2. The predicted octanol–water partition coefficient (Wildman–Crippen LogP) is 8.25. The largest absolute Gasteiger partial charge is 0.481 e. The number of aromatic nitrogens is 2. The van der Waals surface area contributed by atoms with Crippen molar-refractivity contribution in [3.8, 4) is 0 Å². The van der Waals surface area contributed by atoms with E-state index in [1.54, 1.807) is 13.8 Å². The molecule has 1 heterocycles. The molecule has 0 amide bonds. The highest BCUT2D eigenvalue weighted by molar-refractivity contribution is 6.00. The van der Waals surface area contributed by atoms with Gasteiger partial charge in [0.05, 0.1) is 42.1 Å². The van der Waals surface area contributed by atoms with Gasteiger partial charge in [-0.05, 0) is 123 Å². The Balaban J connectivity index is 1.20. The van der Waals surface area contributed by atoms with E-state index in [4.69, 9.17) is 15.5 Å². The third kappa shape index (κ3) is 5.51. The average molecular weight is 744 g/mol. The summed E-state index contributed by atoms with van der Waals surface area (Å²) in [6.07, 6.45) is 6.86. The highest BCUT2D eigenvalue weighted by Gasteiger charge is 2.71. The van der Waals surface area contributed by atoms with Crippen molar-refractivity contribution in [3.05, 3.63) is 41.2 Å². The monoisotopic (exact) mass is 743 g/mol. The number of Topliss-reactive ketones (excluding diaryl/α,β-unsaturated/α-hetero) is 1. The number of para-hydroxylation sites is 2. The number of aliphatic hydroxyl groups excluding tert-OH is 1. The van der Waals surface area contributed by atoms with Gasteiger partial charge in [-0.1, -0.05) is 66.2 Å². The first kappa shape index (κ1) is 39.2. The maximum absolute atomic E-state index is 14.2. The fourth-order valence-electron chi connectivity index (χ4n) is 13.7. The molecule has 0 saturated heterocycles. The van der Waals surface area contributed by atoms with Crippen LogP contribution in [0.1, 0.15) is 132 Å². The number of allylic oxidation sites excluding steroid dienone is 1. The van der Waals surface area contributed by atoms with Crippen LogP contribution in [0.3, 0.4) is 0 Å². The Hall–Kier alpha value is -3.04. The number of hydrogen-bond acceptors (Lipinski definition) is 7. The zero-order chi connectivity index (χ0) is 39.4. The quantitative estimate of drug-likeness (QED) is 0.218. The van der Waals surface area contributed by atoms with Gasteiger partial charge in [0.2, 0.25) is 0 Å². The number of carboxylic acids is 1. The standard InChI is InChI=1S/C45H65N3O6/c1-26(2)37-30(49)22-45(33(50)25-48-29-13-11-10-12-28(29)47-35(48)24-46)21-20-43(8)27(38(37)45)14-15-32-42(7)18-17-34(54-36(51)23-40(3,4)39(52)53)41(5,6)31(42)16-19-44(32,43)9/h10-13,26-27,31-34,50H,14-25,46H2,1-9H3,(H,52,53)/t27-,31+,32-,33+,34+,42+,43-,44-,45+/m1/s1. The van der Waals surface area contributed by atoms with E-state index in [-0.39, 0.29) is 58.3 Å². The van der Waals surface area contributed by atoms with E-state index in [9.17, 15) is 24.6 Å². The summed E-state index contributed by atoms with van der Waals surface area (Å²) in [7, 11) is 0. The molecule has 0 unspecified atom stereocenters. The van der Waals surface area contributed by atoms with Gasteiger partial charge in [-0.3, -0.25) is 14.4 Å². The molecule has 0 aliphatic heterocycles. The molecule has 4 N–H and O–H groups in total. The van der Waals surface area contributed by atoms with E-state index < -0.39 is 28.9 Å². The van der Waals surface area contributed by atoms with E-state index in [2.05, 4.69) is 53.0 Å². The zero-order valence-electron chi connectivity index (χ0n) is 34.3. The number of aliphatic carboxylic acids is 1. The van der Waals surface area contributed by atoms with E-state index in [1.165, 1.54) is 5.57 Å². The summed E-state index contributed by atoms with van der Waals surface area (Å²) in [6, 6.07) is 8.00. The molecule has 2 aromatic rings. The smallest absolute Gasteiger partial charge is 0.309 e. The fourth-order valence-corrected chi connectivity index (χ4v) is 13.7. The van der Waals surface area contributed by atoms with Crippen LogP contribution in [0.4, 0.5) is 0 Å². The molecule has 54 heavy (non-hydrogen) atoms. The number of imidazole rings is 1. The lowest BCUT2D eigenvalue weighted by Gasteiger charge is -2.72. The molecule has 296 valence electrons. The van der Waals surface area contributed by atoms with Gasteiger partial charge in [0.25, 0.3) is 0 Å².